The van der Waals surface area contributed by atoms with E-state index in [0.29, 0.717) is 28.5 Å². The summed E-state index contributed by atoms with van der Waals surface area (Å²) in [5, 5.41) is 1.47. The van der Waals surface area contributed by atoms with E-state index in [1.54, 1.807) is 30.5 Å². The van der Waals surface area contributed by atoms with Gasteiger partial charge in [0.05, 0.1) is 22.5 Å². The van der Waals surface area contributed by atoms with Gasteiger partial charge in [-0.15, -0.1) is 0 Å². The van der Waals surface area contributed by atoms with Gasteiger partial charge in [0.1, 0.15) is 5.82 Å². The number of hydrogen-bond acceptors (Lipinski definition) is 4. The van der Waals surface area contributed by atoms with Gasteiger partial charge in [-0.25, -0.2) is 4.39 Å². The third kappa shape index (κ3) is 3.93. The standard InChI is InChI=1S/C26H27ClFN3O/c1-26(29,25(32)13-21-4-2-19(27)14-31-21)18-10-15-8-17(9-16(15)11-18)22-6-7-30-24-5-3-20(28)12-23(22)24/h2-7,12,14-18H,8-11,13,29H2,1H3/t15-,16+,17?,18?,26?. The Balaban J connectivity index is 1.28. The predicted octanol–water partition coefficient (Wildman–Crippen LogP) is 5.47. The first kappa shape index (κ1) is 21.5. The first-order chi connectivity index (χ1) is 15.3. The summed E-state index contributed by atoms with van der Waals surface area (Å²) in [6.45, 7) is 1.88. The summed E-state index contributed by atoms with van der Waals surface area (Å²) >= 11 is 5.90. The summed E-state index contributed by atoms with van der Waals surface area (Å²) in [6.07, 6.45) is 7.66. The van der Waals surface area contributed by atoms with Gasteiger partial charge in [-0.2, -0.15) is 0 Å². The van der Waals surface area contributed by atoms with Crippen molar-refractivity contribution in [2.75, 3.05) is 0 Å². The number of pyridine rings is 2. The highest BCUT2D eigenvalue weighted by atomic mass is 35.5. The molecule has 5 rings (SSSR count). The molecule has 1 aromatic carbocycles. The second kappa shape index (κ2) is 8.20. The van der Waals surface area contributed by atoms with Gasteiger partial charge in [0.25, 0.3) is 0 Å². The molecular formula is C26H27ClFN3O. The first-order valence-electron chi connectivity index (χ1n) is 11.3. The van der Waals surface area contributed by atoms with Crippen LogP contribution in [-0.4, -0.2) is 21.3 Å². The number of rotatable bonds is 5. The first-order valence-corrected chi connectivity index (χ1v) is 11.7. The van der Waals surface area contributed by atoms with Crippen LogP contribution in [0.3, 0.4) is 0 Å². The Labute approximate surface area is 192 Å². The van der Waals surface area contributed by atoms with Crippen LogP contribution in [0.1, 0.15) is 49.8 Å². The molecule has 0 amide bonds. The van der Waals surface area contributed by atoms with Crippen LogP contribution in [0.4, 0.5) is 4.39 Å². The van der Waals surface area contributed by atoms with Gasteiger partial charge >= 0.3 is 0 Å². The molecule has 0 bridgehead atoms. The second-order valence-electron chi connectivity index (χ2n) is 9.77. The molecule has 2 aromatic heterocycles. The van der Waals surface area contributed by atoms with Gasteiger partial charge in [-0.3, -0.25) is 14.8 Å². The van der Waals surface area contributed by atoms with E-state index in [9.17, 15) is 9.18 Å². The van der Waals surface area contributed by atoms with Crippen molar-refractivity contribution >= 4 is 28.3 Å². The molecule has 2 N–H and O–H groups in total. The van der Waals surface area contributed by atoms with Crippen LogP contribution in [0.15, 0.2) is 48.8 Å². The number of fused-ring (bicyclic) bond motifs is 2. The predicted molar refractivity (Wildman–Crippen MR) is 124 cm³/mol. The molecule has 2 aliphatic carbocycles. The molecule has 4 nitrogen and oxygen atoms in total. The van der Waals surface area contributed by atoms with Crippen LogP contribution >= 0.6 is 11.6 Å². The molecule has 2 saturated carbocycles. The fraction of sp³-hybridized carbons (Fsp3) is 0.423. The van der Waals surface area contributed by atoms with E-state index < -0.39 is 5.54 Å². The smallest absolute Gasteiger partial charge is 0.158 e. The summed E-state index contributed by atoms with van der Waals surface area (Å²) in [6, 6.07) is 10.4. The molecule has 32 heavy (non-hydrogen) atoms. The number of nitrogens with zero attached hydrogens (tertiary/aromatic N) is 2. The van der Waals surface area contributed by atoms with Gasteiger partial charge in [0.2, 0.25) is 0 Å². The lowest BCUT2D eigenvalue weighted by Gasteiger charge is -2.31. The Kier molecular flexibility index (Phi) is 5.50. The molecule has 3 unspecified atom stereocenters. The van der Waals surface area contributed by atoms with Gasteiger partial charge < -0.3 is 5.73 Å². The molecule has 0 spiro atoms. The summed E-state index contributed by atoms with van der Waals surface area (Å²) < 4.78 is 13.9. The summed E-state index contributed by atoms with van der Waals surface area (Å²) in [5.41, 5.74) is 8.50. The molecule has 2 aliphatic rings. The third-order valence-electron chi connectivity index (χ3n) is 7.77. The summed E-state index contributed by atoms with van der Waals surface area (Å²) in [4.78, 5) is 21.7. The van der Waals surface area contributed by atoms with Crippen molar-refractivity contribution in [3.8, 4) is 0 Å². The van der Waals surface area contributed by atoms with Crippen molar-refractivity contribution in [2.45, 2.75) is 50.5 Å². The molecule has 2 heterocycles. The number of halogens is 2. The number of ketones is 1. The molecule has 3 aromatic rings. The van der Waals surface area contributed by atoms with Crippen LogP contribution in [0, 0.1) is 23.6 Å². The molecule has 0 radical (unpaired) electrons. The van der Waals surface area contributed by atoms with E-state index in [2.05, 4.69) is 9.97 Å². The minimum absolute atomic E-state index is 0.0319. The maximum atomic E-state index is 13.9. The van der Waals surface area contributed by atoms with Crippen molar-refractivity contribution < 1.29 is 9.18 Å². The van der Waals surface area contributed by atoms with E-state index in [-0.39, 0.29) is 23.9 Å². The zero-order valence-electron chi connectivity index (χ0n) is 18.1. The summed E-state index contributed by atoms with van der Waals surface area (Å²) in [7, 11) is 0. The lowest BCUT2D eigenvalue weighted by Crippen LogP contribution is -2.51. The van der Waals surface area contributed by atoms with E-state index in [0.717, 1.165) is 36.6 Å². The fourth-order valence-corrected chi connectivity index (χ4v) is 6.06. The largest absolute Gasteiger partial charge is 0.319 e. The SMILES string of the molecule is CC(N)(C(=O)Cc1ccc(Cl)cn1)C1C[C@H]2CC(c3ccnc4ccc(F)cc34)C[C@H]2C1. The van der Waals surface area contributed by atoms with E-state index >= 15 is 0 Å². The molecule has 5 atom stereocenters. The van der Waals surface area contributed by atoms with Crippen molar-refractivity contribution in [3.05, 3.63) is 70.9 Å². The number of nitrogens with two attached hydrogens (primary N) is 1. The lowest BCUT2D eigenvalue weighted by atomic mass is 9.78. The Hall–Kier alpha value is -2.37. The van der Waals surface area contributed by atoms with E-state index in [4.69, 9.17) is 17.3 Å². The normalized spacial score (nSPS) is 26.8. The Bertz CT molecular complexity index is 1150. The number of carbonyl (C=O) groups excluding carboxylic acids is 1. The summed E-state index contributed by atoms with van der Waals surface area (Å²) in [5.74, 6) is 1.47. The third-order valence-corrected chi connectivity index (χ3v) is 8.00. The van der Waals surface area contributed by atoms with Gasteiger partial charge in [-0.05, 0) is 98.2 Å². The van der Waals surface area contributed by atoms with Gasteiger partial charge in [-0.1, -0.05) is 11.6 Å². The number of carbonyl (C=O) groups is 1. The van der Waals surface area contributed by atoms with E-state index in [1.165, 1.54) is 11.6 Å². The highest BCUT2D eigenvalue weighted by molar-refractivity contribution is 6.30. The molecular weight excluding hydrogens is 425 g/mol. The number of aromatic nitrogens is 2. The molecule has 166 valence electrons. The van der Waals surface area contributed by atoms with Gasteiger partial charge in [0.15, 0.2) is 5.78 Å². The lowest BCUT2D eigenvalue weighted by molar-refractivity contribution is -0.124. The van der Waals surface area contributed by atoms with Crippen molar-refractivity contribution in [1.82, 2.24) is 9.97 Å². The van der Waals surface area contributed by atoms with Gasteiger partial charge in [0, 0.05) is 23.5 Å². The Morgan fingerprint density at radius 1 is 1.12 bits per heavy atom. The monoisotopic (exact) mass is 451 g/mol. The van der Waals surface area contributed by atoms with Crippen molar-refractivity contribution in [1.29, 1.82) is 0 Å². The van der Waals surface area contributed by atoms with Crippen LogP contribution < -0.4 is 5.73 Å². The zero-order chi connectivity index (χ0) is 22.5. The number of benzene rings is 1. The maximum Gasteiger partial charge on any atom is 0.158 e. The van der Waals surface area contributed by atoms with E-state index in [1.807, 2.05) is 19.2 Å². The highest BCUT2D eigenvalue weighted by Crippen LogP contribution is 2.55. The van der Waals surface area contributed by atoms with Crippen LogP contribution in [0.5, 0.6) is 0 Å². The molecule has 2 fully saturated rings. The molecule has 6 heteroatoms. The average molecular weight is 452 g/mol. The number of hydrogen-bond donors (Lipinski definition) is 1. The Morgan fingerprint density at radius 3 is 2.56 bits per heavy atom. The van der Waals surface area contributed by atoms with Crippen LogP contribution in [-0.2, 0) is 11.2 Å². The minimum Gasteiger partial charge on any atom is -0.319 e. The molecule has 0 saturated heterocycles. The maximum absolute atomic E-state index is 13.9. The zero-order valence-corrected chi connectivity index (χ0v) is 18.9. The minimum atomic E-state index is -0.867. The fourth-order valence-electron chi connectivity index (χ4n) is 5.95. The van der Waals surface area contributed by atoms with Crippen molar-refractivity contribution in [2.24, 2.45) is 23.5 Å². The second-order valence-corrected chi connectivity index (χ2v) is 10.2. The van der Waals surface area contributed by atoms with Crippen LogP contribution in [0.2, 0.25) is 5.02 Å². The molecule has 0 aliphatic heterocycles. The number of Topliss-reactive ketones (excluding diaryl/α,β-unsaturated/α-hetero) is 1. The van der Waals surface area contributed by atoms with Crippen LogP contribution in [0.25, 0.3) is 10.9 Å². The quantitative estimate of drug-likeness (QED) is 0.558. The highest BCUT2D eigenvalue weighted by Gasteiger charge is 2.49. The Morgan fingerprint density at radius 2 is 1.88 bits per heavy atom. The topological polar surface area (TPSA) is 68.9 Å². The average Bonchev–Trinajstić information content (AvgIpc) is 3.34. The van der Waals surface area contributed by atoms with Crippen molar-refractivity contribution in [3.63, 3.8) is 0 Å².